The highest BCUT2D eigenvalue weighted by Crippen LogP contribution is 2.17. The van der Waals surface area contributed by atoms with Gasteiger partial charge in [-0.2, -0.15) is 5.10 Å². The molecule has 0 amide bonds. The van der Waals surface area contributed by atoms with Crippen LogP contribution in [0.4, 0.5) is 0 Å². The van der Waals surface area contributed by atoms with E-state index >= 15 is 0 Å². The molecule has 1 fully saturated rings. The van der Waals surface area contributed by atoms with Crippen LogP contribution in [0.15, 0.2) is 29.3 Å². The van der Waals surface area contributed by atoms with Gasteiger partial charge in [0.15, 0.2) is 11.8 Å². The second-order valence-electron chi connectivity index (χ2n) is 5.67. The quantitative estimate of drug-likeness (QED) is 0.671. The van der Waals surface area contributed by atoms with Crippen LogP contribution in [-0.2, 0) is 6.54 Å². The van der Waals surface area contributed by atoms with E-state index in [9.17, 15) is 0 Å². The van der Waals surface area contributed by atoms with E-state index in [1.54, 1.807) is 0 Å². The van der Waals surface area contributed by atoms with Crippen LogP contribution >= 0.6 is 0 Å². The van der Waals surface area contributed by atoms with E-state index in [1.165, 1.54) is 19.3 Å². The van der Waals surface area contributed by atoms with Crippen LogP contribution in [-0.4, -0.2) is 39.1 Å². The van der Waals surface area contributed by atoms with Crippen molar-refractivity contribution in [3.05, 3.63) is 35.7 Å². The lowest BCUT2D eigenvalue weighted by molar-refractivity contribution is 0.338. The number of rotatable bonds is 3. The highest BCUT2D eigenvalue weighted by Gasteiger charge is 2.11. The van der Waals surface area contributed by atoms with Crippen molar-refractivity contribution in [2.24, 2.45) is 10.7 Å². The number of hydrogen-bond acceptors (Lipinski definition) is 3. The molecule has 3 rings (SSSR count). The summed E-state index contributed by atoms with van der Waals surface area (Å²) < 4.78 is 0. The standard InChI is InChI=1S/C16H22N6/c1-12-19-15(21-20-12)14-7-5-6-13(10-14)11-18-16(17)22-8-3-2-4-9-22/h5-7,10H,2-4,8-9,11H2,1H3,(H2,17,18)(H,19,20,21). The van der Waals surface area contributed by atoms with Crippen LogP contribution in [0.3, 0.4) is 0 Å². The van der Waals surface area contributed by atoms with Crippen molar-refractivity contribution in [3.8, 4) is 11.4 Å². The molecule has 22 heavy (non-hydrogen) atoms. The van der Waals surface area contributed by atoms with Gasteiger partial charge in [0.2, 0.25) is 0 Å². The van der Waals surface area contributed by atoms with Crippen molar-refractivity contribution >= 4 is 5.96 Å². The van der Waals surface area contributed by atoms with Gasteiger partial charge in [-0.25, -0.2) is 9.98 Å². The van der Waals surface area contributed by atoms with Gasteiger partial charge < -0.3 is 10.6 Å². The minimum absolute atomic E-state index is 0.583. The van der Waals surface area contributed by atoms with Gasteiger partial charge in [-0.1, -0.05) is 18.2 Å². The predicted molar refractivity (Wildman–Crippen MR) is 87.3 cm³/mol. The second-order valence-corrected chi connectivity index (χ2v) is 5.67. The van der Waals surface area contributed by atoms with Gasteiger partial charge >= 0.3 is 0 Å². The molecule has 6 heteroatoms. The van der Waals surface area contributed by atoms with E-state index in [0.717, 1.165) is 30.0 Å². The molecule has 2 aromatic rings. The van der Waals surface area contributed by atoms with E-state index in [2.05, 4.69) is 37.2 Å². The Hall–Kier alpha value is -2.37. The lowest BCUT2D eigenvalue weighted by Crippen LogP contribution is -2.40. The summed E-state index contributed by atoms with van der Waals surface area (Å²) in [5, 5.41) is 7.06. The second kappa shape index (κ2) is 6.60. The summed E-state index contributed by atoms with van der Waals surface area (Å²) in [5.74, 6) is 2.18. The number of aryl methyl sites for hydroxylation is 1. The van der Waals surface area contributed by atoms with Crippen molar-refractivity contribution < 1.29 is 0 Å². The fraction of sp³-hybridized carbons (Fsp3) is 0.438. The summed E-state index contributed by atoms with van der Waals surface area (Å²) >= 11 is 0. The third-order valence-corrected chi connectivity index (χ3v) is 3.89. The lowest BCUT2D eigenvalue weighted by atomic mass is 10.1. The molecule has 0 unspecified atom stereocenters. The molecule has 6 nitrogen and oxygen atoms in total. The molecule has 1 saturated heterocycles. The SMILES string of the molecule is Cc1nc(-c2cccc(CN=C(N)N3CCCCC3)c2)n[nH]1. The maximum Gasteiger partial charge on any atom is 0.191 e. The topological polar surface area (TPSA) is 83.2 Å². The number of aromatic amines is 1. The number of aliphatic imine (C=N–C) groups is 1. The molecular formula is C16H22N6. The third-order valence-electron chi connectivity index (χ3n) is 3.89. The molecule has 0 atom stereocenters. The molecule has 0 spiro atoms. The summed E-state index contributed by atoms with van der Waals surface area (Å²) in [4.78, 5) is 11.1. The van der Waals surface area contributed by atoms with Crippen molar-refractivity contribution in [3.63, 3.8) is 0 Å². The Morgan fingerprint density at radius 3 is 2.86 bits per heavy atom. The van der Waals surface area contributed by atoms with E-state index in [1.807, 2.05) is 19.1 Å². The first-order valence-corrected chi connectivity index (χ1v) is 7.75. The number of hydrogen-bond donors (Lipinski definition) is 2. The van der Waals surface area contributed by atoms with Crippen LogP contribution < -0.4 is 5.73 Å². The smallest absolute Gasteiger partial charge is 0.191 e. The van der Waals surface area contributed by atoms with Crippen molar-refractivity contribution in [1.29, 1.82) is 0 Å². The number of H-pyrrole nitrogens is 1. The maximum absolute atomic E-state index is 6.10. The highest BCUT2D eigenvalue weighted by atomic mass is 15.3. The van der Waals surface area contributed by atoms with Gasteiger partial charge in [-0.3, -0.25) is 5.10 Å². The summed E-state index contributed by atoms with van der Waals surface area (Å²) in [5.41, 5.74) is 8.20. The average Bonchev–Trinajstić information content (AvgIpc) is 3.00. The number of nitrogens with zero attached hydrogens (tertiary/aromatic N) is 4. The Morgan fingerprint density at radius 2 is 2.14 bits per heavy atom. The van der Waals surface area contributed by atoms with Gasteiger partial charge in [0, 0.05) is 18.7 Å². The number of aromatic nitrogens is 3. The van der Waals surface area contributed by atoms with Crippen molar-refractivity contribution in [1.82, 2.24) is 20.1 Å². The van der Waals surface area contributed by atoms with Crippen LogP contribution in [0.2, 0.25) is 0 Å². The number of benzene rings is 1. The minimum atomic E-state index is 0.583. The predicted octanol–water partition coefficient (Wildman–Crippen LogP) is 2.08. The number of nitrogens with two attached hydrogens (primary N) is 1. The van der Waals surface area contributed by atoms with Crippen LogP contribution in [0.25, 0.3) is 11.4 Å². The molecule has 1 aliphatic heterocycles. The first-order chi connectivity index (χ1) is 10.7. The number of guanidine groups is 1. The molecule has 2 heterocycles. The monoisotopic (exact) mass is 298 g/mol. The van der Waals surface area contributed by atoms with Crippen molar-refractivity contribution in [2.45, 2.75) is 32.7 Å². The van der Waals surface area contributed by atoms with E-state index < -0.39 is 0 Å². The summed E-state index contributed by atoms with van der Waals surface area (Å²) in [6.45, 7) is 4.52. The third kappa shape index (κ3) is 3.44. The number of nitrogens with one attached hydrogen (secondary N) is 1. The molecule has 0 aliphatic carbocycles. The fourth-order valence-corrected chi connectivity index (χ4v) is 2.68. The van der Waals surface area contributed by atoms with E-state index in [0.29, 0.717) is 18.3 Å². The molecule has 1 aliphatic rings. The Kier molecular flexibility index (Phi) is 4.37. The van der Waals surface area contributed by atoms with Gasteiger partial charge in [0.05, 0.1) is 6.54 Å². The van der Waals surface area contributed by atoms with Crippen molar-refractivity contribution in [2.75, 3.05) is 13.1 Å². The normalized spacial score (nSPS) is 16.0. The molecule has 0 saturated carbocycles. The summed E-state index contributed by atoms with van der Waals surface area (Å²) in [6, 6.07) is 8.12. The Labute approximate surface area is 130 Å². The van der Waals surface area contributed by atoms with E-state index in [-0.39, 0.29) is 0 Å². The van der Waals surface area contributed by atoms with Gasteiger partial charge in [-0.05, 0) is 37.8 Å². The molecule has 1 aromatic carbocycles. The van der Waals surface area contributed by atoms with Crippen LogP contribution in [0.5, 0.6) is 0 Å². The van der Waals surface area contributed by atoms with Gasteiger partial charge in [-0.15, -0.1) is 0 Å². The first-order valence-electron chi connectivity index (χ1n) is 7.75. The number of piperidine rings is 1. The summed E-state index contributed by atoms with van der Waals surface area (Å²) in [6.07, 6.45) is 3.70. The summed E-state index contributed by atoms with van der Waals surface area (Å²) in [7, 11) is 0. The molecule has 116 valence electrons. The highest BCUT2D eigenvalue weighted by molar-refractivity contribution is 5.78. The lowest BCUT2D eigenvalue weighted by Gasteiger charge is -2.27. The van der Waals surface area contributed by atoms with Gasteiger partial charge in [0.25, 0.3) is 0 Å². The molecule has 1 aromatic heterocycles. The maximum atomic E-state index is 6.10. The largest absolute Gasteiger partial charge is 0.370 e. The fourth-order valence-electron chi connectivity index (χ4n) is 2.68. The number of likely N-dealkylation sites (tertiary alicyclic amines) is 1. The zero-order valence-electron chi connectivity index (χ0n) is 12.9. The average molecular weight is 298 g/mol. The zero-order valence-corrected chi connectivity index (χ0v) is 12.9. The first kappa shape index (κ1) is 14.6. The van der Waals surface area contributed by atoms with Crippen LogP contribution in [0, 0.1) is 6.92 Å². The van der Waals surface area contributed by atoms with E-state index in [4.69, 9.17) is 5.73 Å². The van der Waals surface area contributed by atoms with Gasteiger partial charge in [0.1, 0.15) is 5.82 Å². The Morgan fingerprint density at radius 1 is 1.32 bits per heavy atom. The molecular weight excluding hydrogens is 276 g/mol. The molecule has 3 N–H and O–H groups in total. The van der Waals surface area contributed by atoms with Crippen LogP contribution in [0.1, 0.15) is 30.7 Å². The Bertz CT molecular complexity index is 654. The zero-order chi connectivity index (χ0) is 15.4. The minimum Gasteiger partial charge on any atom is -0.370 e. The molecule has 0 radical (unpaired) electrons. The molecule has 0 bridgehead atoms. The Balaban J connectivity index is 1.70.